The molecule has 62 heavy (non-hydrogen) atoms. The van der Waals surface area contributed by atoms with Crippen LogP contribution < -0.4 is 5.32 Å². The van der Waals surface area contributed by atoms with Gasteiger partial charge in [-0.25, -0.2) is 0 Å². The molecule has 0 saturated heterocycles. The van der Waals surface area contributed by atoms with E-state index < -0.39 is 18.2 Å². The van der Waals surface area contributed by atoms with E-state index in [2.05, 4.69) is 56.5 Å². The lowest BCUT2D eigenvalue weighted by Crippen LogP contribution is -2.46. The molecule has 0 heterocycles. The van der Waals surface area contributed by atoms with Gasteiger partial charge in [-0.05, 0) is 44.9 Å². The van der Waals surface area contributed by atoms with Gasteiger partial charge in [-0.1, -0.05) is 254 Å². The number of esters is 1. The fourth-order valence-corrected chi connectivity index (χ4v) is 7.44. The second-order valence-electron chi connectivity index (χ2n) is 17.4. The van der Waals surface area contributed by atoms with E-state index in [1.807, 2.05) is 54.7 Å². The number of carbonyl (C=O) groups excluding carboxylic acids is 2. The van der Waals surface area contributed by atoms with Crippen LogP contribution in [0.1, 0.15) is 233 Å². The number of amides is 1. The quantitative estimate of drug-likeness (QED) is 0.0322. The van der Waals surface area contributed by atoms with Gasteiger partial charge in [-0.15, -0.1) is 0 Å². The maximum absolute atomic E-state index is 13.2. The molecule has 0 radical (unpaired) electrons. The van der Waals surface area contributed by atoms with Crippen molar-refractivity contribution in [1.29, 1.82) is 0 Å². The molecule has 0 aliphatic rings. The number of hydrogen-bond acceptors (Lipinski definition) is 5. The van der Waals surface area contributed by atoms with E-state index in [9.17, 15) is 19.8 Å². The highest BCUT2D eigenvalue weighted by molar-refractivity contribution is 5.77. The van der Waals surface area contributed by atoms with Crippen molar-refractivity contribution in [2.75, 3.05) is 6.61 Å². The van der Waals surface area contributed by atoms with Crippen molar-refractivity contribution in [1.82, 2.24) is 5.32 Å². The Kier molecular flexibility index (Phi) is 46.7. The van der Waals surface area contributed by atoms with E-state index in [1.54, 1.807) is 0 Å². The van der Waals surface area contributed by atoms with E-state index in [-0.39, 0.29) is 24.9 Å². The molecule has 356 valence electrons. The number of rotatable bonds is 45. The maximum Gasteiger partial charge on any atom is 0.306 e. The van der Waals surface area contributed by atoms with Crippen LogP contribution in [-0.2, 0) is 14.3 Å². The highest BCUT2D eigenvalue weighted by Crippen LogP contribution is 2.16. The van der Waals surface area contributed by atoms with Gasteiger partial charge < -0.3 is 20.3 Å². The molecule has 1 amide bonds. The molecular formula is C56H97NO5. The second-order valence-corrected chi connectivity index (χ2v) is 17.4. The lowest BCUT2D eigenvalue weighted by atomic mass is 10.0. The van der Waals surface area contributed by atoms with E-state index in [1.165, 1.54) is 128 Å². The van der Waals surface area contributed by atoms with E-state index >= 15 is 0 Å². The van der Waals surface area contributed by atoms with E-state index in [0.29, 0.717) is 19.3 Å². The van der Waals surface area contributed by atoms with Crippen molar-refractivity contribution in [3.8, 4) is 0 Å². The van der Waals surface area contributed by atoms with E-state index in [4.69, 9.17) is 4.74 Å². The summed E-state index contributed by atoms with van der Waals surface area (Å²) in [7, 11) is 0. The second kappa shape index (κ2) is 49.1. The normalized spacial score (nSPS) is 14.0. The summed E-state index contributed by atoms with van der Waals surface area (Å²) in [5.41, 5.74) is 0. The van der Waals surface area contributed by atoms with Gasteiger partial charge in [-0.3, -0.25) is 9.59 Å². The van der Waals surface area contributed by atoms with Crippen LogP contribution in [0.2, 0.25) is 0 Å². The van der Waals surface area contributed by atoms with Crippen LogP contribution >= 0.6 is 0 Å². The van der Waals surface area contributed by atoms with Crippen molar-refractivity contribution in [3.63, 3.8) is 0 Å². The topological polar surface area (TPSA) is 95.9 Å². The summed E-state index contributed by atoms with van der Waals surface area (Å²) in [4.78, 5) is 26.0. The molecule has 0 saturated carbocycles. The van der Waals surface area contributed by atoms with Crippen LogP contribution in [0.4, 0.5) is 0 Å². The molecule has 0 aliphatic heterocycles. The number of carbonyl (C=O) groups is 2. The molecule has 0 spiro atoms. The van der Waals surface area contributed by atoms with Gasteiger partial charge in [0.1, 0.15) is 6.10 Å². The zero-order valence-electron chi connectivity index (χ0n) is 40.5. The third kappa shape index (κ3) is 43.7. The van der Waals surface area contributed by atoms with Crippen LogP contribution in [0.3, 0.4) is 0 Å². The maximum atomic E-state index is 13.2. The monoisotopic (exact) mass is 864 g/mol. The van der Waals surface area contributed by atoms with Crippen LogP contribution in [0.25, 0.3) is 0 Å². The summed E-state index contributed by atoms with van der Waals surface area (Å²) < 4.78 is 5.82. The number of nitrogens with one attached hydrogen (secondary N) is 1. The van der Waals surface area contributed by atoms with Crippen LogP contribution in [-0.4, -0.2) is 46.9 Å². The van der Waals surface area contributed by atoms with Gasteiger partial charge in [0.25, 0.3) is 0 Å². The summed E-state index contributed by atoms with van der Waals surface area (Å²) in [5.74, 6) is -0.642. The zero-order valence-corrected chi connectivity index (χ0v) is 40.5. The number of aliphatic hydroxyl groups is 2. The van der Waals surface area contributed by atoms with Crippen molar-refractivity contribution >= 4 is 11.9 Å². The van der Waals surface area contributed by atoms with Crippen LogP contribution in [0.5, 0.6) is 0 Å². The number of aliphatic hydroxyl groups excluding tert-OH is 2. The molecule has 3 atom stereocenters. The molecule has 0 aliphatic carbocycles. The fourth-order valence-electron chi connectivity index (χ4n) is 7.44. The third-order valence-electron chi connectivity index (χ3n) is 11.4. The molecule has 0 bridgehead atoms. The van der Waals surface area contributed by atoms with Crippen LogP contribution in [0.15, 0.2) is 85.1 Å². The van der Waals surface area contributed by atoms with Gasteiger partial charge >= 0.3 is 5.97 Å². The molecule has 3 unspecified atom stereocenters. The first-order valence-corrected chi connectivity index (χ1v) is 25.9. The van der Waals surface area contributed by atoms with Crippen molar-refractivity contribution in [3.05, 3.63) is 85.1 Å². The van der Waals surface area contributed by atoms with Crippen LogP contribution in [0, 0.1) is 0 Å². The lowest BCUT2D eigenvalue weighted by Gasteiger charge is -2.24. The minimum Gasteiger partial charge on any atom is -0.461 e. The average molecular weight is 864 g/mol. The zero-order chi connectivity index (χ0) is 45.2. The standard InChI is InChI=1S/C56H97NO5/c1-4-7-10-13-16-19-22-24-26-28-30-33-36-39-42-45-48-54(59)53(51-58)57-55(60)50-52(47-44-41-38-35-32-21-18-15-12-9-6-3)62-56(61)49-46-43-40-37-34-31-29-27-25-23-20-17-14-11-8-5-2/h9,12,15,18,21,27,29,31-32,34-35,38,41,44,52-54,58-59H,4-8,10-11,13-14,16-17,19-20,22-26,28,30,33,36-37,39-40,42-43,45-51H2,1-3H3,(H,57,60)/b12-9+,18-15+,29-27+,32-21-,34-31+,38-35-,44-41+. The summed E-state index contributed by atoms with van der Waals surface area (Å²) in [6.07, 6.45) is 63.9. The minimum absolute atomic E-state index is 0.0324. The number of ether oxygens (including phenoxy) is 1. The number of hydrogen-bond donors (Lipinski definition) is 3. The van der Waals surface area contributed by atoms with Crippen molar-refractivity contribution in [2.24, 2.45) is 0 Å². The van der Waals surface area contributed by atoms with Gasteiger partial charge in [0, 0.05) is 12.8 Å². The molecule has 0 aromatic carbocycles. The molecule has 6 heteroatoms. The Morgan fingerprint density at radius 2 is 0.903 bits per heavy atom. The number of unbranched alkanes of at least 4 members (excludes halogenated alkanes) is 25. The van der Waals surface area contributed by atoms with Gasteiger partial charge in [0.05, 0.1) is 25.2 Å². The Balaban J connectivity index is 4.65. The first-order valence-electron chi connectivity index (χ1n) is 25.9. The fraction of sp³-hybridized carbons (Fsp3) is 0.714. The predicted octanol–water partition coefficient (Wildman–Crippen LogP) is 15.6. The largest absolute Gasteiger partial charge is 0.461 e. The molecule has 0 aromatic rings. The first-order chi connectivity index (χ1) is 30.5. The van der Waals surface area contributed by atoms with Gasteiger partial charge in [0.15, 0.2) is 0 Å². The lowest BCUT2D eigenvalue weighted by molar-refractivity contribution is -0.150. The minimum atomic E-state index is -0.826. The molecular weight excluding hydrogens is 767 g/mol. The molecule has 0 fully saturated rings. The smallest absolute Gasteiger partial charge is 0.306 e. The number of allylic oxidation sites excluding steroid dienone is 13. The summed E-state index contributed by atoms with van der Waals surface area (Å²) in [6.45, 7) is 6.29. The molecule has 0 rings (SSSR count). The highest BCUT2D eigenvalue weighted by Gasteiger charge is 2.23. The Morgan fingerprint density at radius 3 is 1.37 bits per heavy atom. The Labute approximate surface area is 383 Å². The summed E-state index contributed by atoms with van der Waals surface area (Å²) in [5, 5.41) is 23.7. The first kappa shape index (κ1) is 59.0. The summed E-state index contributed by atoms with van der Waals surface area (Å²) in [6, 6.07) is -0.749. The Bertz CT molecular complexity index is 1200. The van der Waals surface area contributed by atoms with Crippen molar-refractivity contribution in [2.45, 2.75) is 251 Å². The summed E-state index contributed by atoms with van der Waals surface area (Å²) >= 11 is 0. The molecule has 6 nitrogen and oxygen atoms in total. The Hall–Kier alpha value is -2.96. The Morgan fingerprint density at radius 1 is 0.500 bits per heavy atom. The third-order valence-corrected chi connectivity index (χ3v) is 11.4. The molecule has 0 aromatic heterocycles. The SMILES string of the molecule is CC/C=C/C=C/C=C\C=C/C=C/CC(CC(=O)NC(CO)C(O)CCCCCCCCCCCCCCCCCC)OC(=O)CCCCC/C=C/C=C/CCCCCCCCC. The highest BCUT2D eigenvalue weighted by atomic mass is 16.5. The van der Waals surface area contributed by atoms with Gasteiger partial charge in [-0.2, -0.15) is 0 Å². The van der Waals surface area contributed by atoms with Gasteiger partial charge in [0.2, 0.25) is 5.91 Å². The van der Waals surface area contributed by atoms with E-state index in [0.717, 1.165) is 57.8 Å². The predicted molar refractivity (Wildman–Crippen MR) is 268 cm³/mol. The molecule has 3 N–H and O–H groups in total. The average Bonchev–Trinajstić information content (AvgIpc) is 3.26. The van der Waals surface area contributed by atoms with Crippen molar-refractivity contribution < 1.29 is 24.5 Å².